The third-order valence-corrected chi connectivity index (χ3v) is 6.27. The van der Waals surface area contributed by atoms with Gasteiger partial charge >= 0.3 is 0 Å². The van der Waals surface area contributed by atoms with Crippen molar-refractivity contribution in [2.24, 2.45) is 0 Å². The summed E-state index contributed by atoms with van der Waals surface area (Å²) in [5, 5.41) is 14.9. The molecule has 38 heavy (non-hydrogen) atoms. The molecular formula is C31H27ClN2O4. The fourth-order valence-corrected chi connectivity index (χ4v) is 4.32. The van der Waals surface area contributed by atoms with E-state index in [4.69, 9.17) is 25.8 Å². The number of ether oxygens (including phenoxy) is 3. The van der Waals surface area contributed by atoms with Crippen molar-refractivity contribution in [3.8, 4) is 23.3 Å². The van der Waals surface area contributed by atoms with Gasteiger partial charge in [-0.2, -0.15) is 5.26 Å². The summed E-state index contributed by atoms with van der Waals surface area (Å²) in [4.78, 5) is 12.7. The summed E-state index contributed by atoms with van der Waals surface area (Å²) in [5.74, 6) is 0.949. The van der Waals surface area contributed by atoms with Crippen molar-refractivity contribution < 1.29 is 19.0 Å². The molecule has 4 aromatic carbocycles. The van der Waals surface area contributed by atoms with Crippen LogP contribution in [0.15, 0.2) is 78.4 Å². The smallest absolute Gasteiger partial charge is 0.266 e. The van der Waals surface area contributed by atoms with Crippen LogP contribution in [-0.2, 0) is 11.4 Å². The second-order valence-corrected chi connectivity index (χ2v) is 8.89. The van der Waals surface area contributed by atoms with Crippen LogP contribution in [0.4, 0.5) is 5.69 Å². The molecule has 4 rings (SSSR count). The zero-order valence-corrected chi connectivity index (χ0v) is 22.1. The molecule has 192 valence electrons. The third kappa shape index (κ3) is 6.08. The van der Waals surface area contributed by atoms with E-state index in [2.05, 4.69) is 29.6 Å². The van der Waals surface area contributed by atoms with E-state index in [1.165, 1.54) is 6.08 Å². The minimum absolute atomic E-state index is 0.0839. The Balaban J connectivity index is 1.59. The van der Waals surface area contributed by atoms with Gasteiger partial charge in [0.2, 0.25) is 0 Å². The molecule has 0 saturated carbocycles. The molecule has 0 spiro atoms. The number of nitrogens with zero attached hydrogens (tertiary/aromatic N) is 1. The number of carbonyl (C=O) groups is 1. The Morgan fingerprint density at radius 3 is 2.53 bits per heavy atom. The minimum Gasteiger partial charge on any atom is -0.497 e. The largest absolute Gasteiger partial charge is 0.497 e. The highest BCUT2D eigenvalue weighted by Gasteiger charge is 2.16. The van der Waals surface area contributed by atoms with Crippen molar-refractivity contribution in [1.82, 2.24) is 0 Å². The van der Waals surface area contributed by atoms with E-state index >= 15 is 0 Å². The number of anilines is 1. The zero-order chi connectivity index (χ0) is 27.1. The molecule has 4 aromatic rings. The predicted octanol–water partition coefficient (Wildman–Crippen LogP) is 7.33. The molecule has 0 atom stereocenters. The van der Waals surface area contributed by atoms with Gasteiger partial charge in [0, 0.05) is 11.3 Å². The van der Waals surface area contributed by atoms with E-state index in [1.54, 1.807) is 43.5 Å². The van der Waals surface area contributed by atoms with Gasteiger partial charge in [-0.1, -0.05) is 48.0 Å². The number of benzene rings is 4. The van der Waals surface area contributed by atoms with Gasteiger partial charge in [-0.3, -0.25) is 4.79 Å². The number of hydrogen-bond acceptors (Lipinski definition) is 5. The van der Waals surface area contributed by atoms with Crippen molar-refractivity contribution in [2.75, 3.05) is 19.0 Å². The van der Waals surface area contributed by atoms with Crippen LogP contribution in [0.2, 0.25) is 5.02 Å². The second-order valence-electron chi connectivity index (χ2n) is 8.49. The number of fused-ring (bicyclic) bond motifs is 1. The maximum absolute atomic E-state index is 12.7. The lowest BCUT2D eigenvalue weighted by atomic mass is 10.0. The summed E-state index contributed by atoms with van der Waals surface area (Å²) < 4.78 is 17.1. The molecule has 0 saturated heterocycles. The highest BCUT2D eigenvalue weighted by Crippen LogP contribution is 2.38. The van der Waals surface area contributed by atoms with Crippen LogP contribution >= 0.6 is 11.6 Å². The first kappa shape index (κ1) is 26.6. The number of amides is 1. The van der Waals surface area contributed by atoms with E-state index < -0.39 is 5.91 Å². The molecule has 0 heterocycles. The van der Waals surface area contributed by atoms with E-state index in [0.717, 1.165) is 21.9 Å². The molecule has 7 heteroatoms. The number of carbonyl (C=O) groups excluding carboxylic acids is 1. The first-order valence-electron chi connectivity index (χ1n) is 12.1. The Morgan fingerprint density at radius 2 is 1.82 bits per heavy atom. The molecule has 0 radical (unpaired) electrons. The molecule has 6 nitrogen and oxygen atoms in total. The molecule has 0 aliphatic rings. The fraction of sp³-hybridized carbons (Fsp3) is 0.161. The summed E-state index contributed by atoms with van der Waals surface area (Å²) >= 11 is 6.63. The number of nitrogens with one attached hydrogen (secondary N) is 1. The lowest BCUT2D eigenvalue weighted by Crippen LogP contribution is -2.13. The number of hydrogen-bond donors (Lipinski definition) is 1. The fourth-order valence-electron chi connectivity index (χ4n) is 4.04. The SMILES string of the molecule is CCOc1cc(/C=C(\C#N)C(=O)Nc2ccc(OC)cc2)cc(Cl)c1OCc1c(C)ccc2ccccc12. The number of aryl methyl sites for hydroxylation is 1. The van der Waals surface area contributed by atoms with E-state index in [9.17, 15) is 10.1 Å². The van der Waals surface area contributed by atoms with Crippen LogP contribution in [-0.4, -0.2) is 19.6 Å². The van der Waals surface area contributed by atoms with E-state index in [1.807, 2.05) is 32.0 Å². The van der Waals surface area contributed by atoms with Gasteiger partial charge in [0.05, 0.1) is 18.7 Å². The molecule has 0 unspecified atom stereocenters. The van der Waals surface area contributed by atoms with Crippen molar-refractivity contribution >= 4 is 40.0 Å². The van der Waals surface area contributed by atoms with Crippen molar-refractivity contribution in [3.05, 3.63) is 100 Å². The number of rotatable bonds is 9. The van der Waals surface area contributed by atoms with Gasteiger partial charge in [0.1, 0.15) is 24.0 Å². The first-order chi connectivity index (χ1) is 18.4. The average Bonchev–Trinajstić information content (AvgIpc) is 2.92. The monoisotopic (exact) mass is 526 g/mol. The number of nitriles is 1. The highest BCUT2D eigenvalue weighted by atomic mass is 35.5. The molecule has 0 aliphatic heterocycles. The van der Waals surface area contributed by atoms with Crippen LogP contribution in [0, 0.1) is 18.3 Å². The number of methoxy groups -OCH3 is 1. The lowest BCUT2D eigenvalue weighted by Gasteiger charge is -2.16. The van der Waals surface area contributed by atoms with Crippen LogP contribution in [0.1, 0.15) is 23.6 Å². The van der Waals surface area contributed by atoms with E-state index in [0.29, 0.717) is 46.7 Å². The maximum Gasteiger partial charge on any atom is 0.266 e. The molecule has 1 amide bonds. The van der Waals surface area contributed by atoms with Gasteiger partial charge in [-0.25, -0.2) is 0 Å². The van der Waals surface area contributed by atoms with E-state index in [-0.39, 0.29) is 5.57 Å². The topological polar surface area (TPSA) is 80.6 Å². The van der Waals surface area contributed by atoms with Crippen LogP contribution in [0.5, 0.6) is 17.2 Å². The number of halogens is 1. The molecule has 0 bridgehead atoms. The predicted molar refractivity (Wildman–Crippen MR) is 151 cm³/mol. The van der Waals surface area contributed by atoms with Crippen LogP contribution in [0.25, 0.3) is 16.8 Å². The molecule has 1 N–H and O–H groups in total. The standard InChI is InChI=1S/C31H27ClN2O4/c1-4-37-29-17-21(15-23(18-33)31(35)34-24-11-13-25(36-3)14-12-24)16-28(32)30(29)38-19-27-20(2)9-10-22-7-5-6-8-26(22)27/h5-17H,4,19H2,1-3H3,(H,34,35)/b23-15+. The van der Waals surface area contributed by atoms with Gasteiger partial charge < -0.3 is 19.5 Å². The normalized spacial score (nSPS) is 11.1. The van der Waals surface area contributed by atoms with Gasteiger partial charge in [-0.15, -0.1) is 0 Å². The summed E-state index contributed by atoms with van der Waals surface area (Å²) in [6.07, 6.45) is 1.46. The molecule has 0 fully saturated rings. The van der Waals surface area contributed by atoms with Gasteiger partial charge in [0.15, 0.2) is 11.5 Å². The highest BCUT2D eigenvalue weighted by molar-refractivity contribution is 6.32. The summed E-state index contributed by atoms with van der Waals surface area (Å²) in [5.41, 5.74) is 3.16. The average molecular weight is 527 g/mol. The summed E-state index contributed by atoms with van der Waals surface area (Å²) in [6.45, 7) is 4.59. The quantitative estimate of drug-likeness (QED) is 0.182. The lowest BCUT2D eigenvalue weighted by molar-refractivity contribution is -0.112. The van der Waals surface area contributed by atoms with Crippen molar-refractivity contribution in [1.29, 1.82) is 5.26 Å². The Kier molecular flexibility index (Phi) is 8.52. The zero-order valence-electron chi connectivity index (χ0n) is 21.4. The maximum atomic E-state index is 12.7. The summed E-state index contributed by atoms with van der Waals surface area (Å²) in [7, 11) is 1.56. The van der Waals surface area contributed by atoms with Gasteiger partial charge in [-0.05, 0) is 78.2 Å². The van der Waals surface area contributed by atoms with Crippen LogP contribution in [0.3, 0.4) is 0 Å². The van der Waals surface area contributed by atoms with Gasteiger partial charge in [0.25, 0.3) is 5.91 Å². The third-order valence-electron chi connectivity index (χ3n) is 5.99. The molecule has 0 aliphatic carbocycles. The Hall–Kier alpha value is -4.47. The molecular weight excluding hydrogens is 500 g/mol. The summed E-state index contributed by atoms with van der Waals surface area (Å²) in [6, 6.07) is 24.4. The molecule has 0 aromatic heterocycles. The van der Waals surface area contributed by atoms with Crippen LogP contribution < -0.4 is 19.5 Å². The van der Waals surface area contributed by atoms with Crippen molar-refractivity contribution in [3.63, 3.8) is 0 Å². The minimum atomic E-state index is -0.543. The second kappa shape index (κ2) is 12.2. The Labute approximate surface area is 227 Å². The Morgan fingerprint density at radius 1 is 1.05 bits per heavy atom. The Bertz CT molecular complexity index is 1540. The van der Waals surface area contributed by atoms with Crippen molar-refractivity contribution in [2.45, 2.75) is 20.5 Å². The first-order valence-corrected chi connectivity index (χ1v) is 12.4.